The maximum Gasteiger partial charge on any atom is 0.308 e. The molecule has 0 saturated carbocycles. The fraction of sp³-hybridized carbons (Fsp3) is 0.545. The Balaban J connectivity index is 1.51. The maximum atomic E-state index is 14.8. The van der Waals surface area contributed by atoms with Crippen LogP contribution in [-0.2, 0) is 23.1 Å². The number of rotatable bonds is 16. The van der Waals surface area contributed by atoms with Crippen LogP contribution in [0.4, 0.5) is 0 Å². The van der Waals surface area contributed by atoms with Crippen LogP contribution < -0.4 is 29.0 Å². The lowest BCUT2D eigenvalue weighted by atomic mass is 9.93. The summed E-state index contributed by atoms with van der Waals surface area (Å²) in [5.41, 5.74) is 0.0232. The van der Waals surface area contributed by atoms with Crippen molar-refractivity contribution in [3.05, 3.63) is 70.0 Å². The molecule has 4 aliphatic rings. The van der Waals surface area contributed by atoms with E-state index in [4.69, 9.17) is 58.6 Å². The first-order valence-corrected chi connectivity index (χ1v) is 30.1. The van der Waals surface area contributed by atoms with E-state index >= 15 is 0 Å². The summed E-state index contributed by atoms with van der Waals surface area (Å²) in [7, 11) is -0.786. The second-order valence-corrected chi connectivity index (χ2v) is 31.8. The summed E-state index contributed by atoms with van der Waals surface area (Å²) in [5.74, 6) is 13.0. The number of benzene rings is 2. The molecule has 0 unspecified atom stereocenters. The van der Waals surface area contributed by atoms with Gasteiger partial charge in [-0.15, -0.1) is 0 Å². The van der Waals surface area contributed by atoms with E-state index in [1.165, 1.54) is 21.3 Å². The molecule has 72 heavy (non-hydrogen) atoms. The summed E-state index contributed by atoms with van der Waals surface area (Å²) in [4.78, 5) is 34.0. The minimum Gasteiger partial charge on any atom is -0.492 e. The van der Waals surface area contributed by atoms with E-state index < -0.39 is 64.9 Å². The Hall–Kier alpha value is -5.05. The SMILES string of the molecule is COCOc1cc2cc(OC(C)C)c(OC)c(OC)c2cc1C(=O)N[C@@H]1CC(=O)OC[C@@H](O[Si](C(C)C)(C(C)C)C(C)C)[C@]2(O)C#CC3=C[C@H](Oc4ccc1nc4Cl)[C@@H](O[Si](C)(C)C(C)(C)C)/C3=C/C#CC2. The highest BCUT2D eigenvalue weighted by Gasteiger charge is 2.51. The highest BCUT2D eigenvalue weighted by Crippen LogP contribution is 2.48. The van der Waals surface area contributed by atoms with Crippen LogP contribution in [-0.4, -0.2) is 103 Å². The van der Waals surface area contributed by atoms with E-state index in [1.54, 1.807) is 36.4 Å². The number of hydrogen-bond donors (Lipinski definition) is 2. The van der Waals surface area contributed by atoms with Crippen molar-refractivity contribution in [2.45, 2.75) is 160 Å². The van der Waals surface area contributed by atoms with Gasteiger partial charge in [-0.25, -0.2) is 4.98 Å². The van der Waals surface area contributed by atoms with Gasteiger partial charge >= 0.3 is 5.97 Å². The van der Waals surface area contributed by atoms with Crippen molar-refractivity contribution in [1.29, 1.82) is 0 Å². The van der Waals surface area contributed by atoms with Gasteiger partial charge in [-0.1, -0.05) is 97.6 Å². The summed E-state index contributed by atoms with van der Waals surface area (Å²) in [5, 5.41) is 16.9. The molecule has 2 aromatic carbocycles. The zero-order valence-corrected chi connectivity index (χ0v) is 47.5. The van der Waals surface area contributed by atoms with Gasteiger partial charge in [-0.3, -0.25) is 9.59 Å². The summed E-state index contributed by atoms with van der Waals surface area (Å²) >= 11 is 7.02. The van der Waals surface area contributed by atoms with Crippen molar-refractivity contribution in [3.63, 3.8) is 0 Å². The number of ether oxygens (including phenoxy) is 7. The van der Waals surface area contributed by atoms with Crippen LogP contribution in [0.25, 0.3) is 10.8 Å². The molecule has 5 bridgehead atoms. The Kier molecular flexibility index (Phi) is 17.7. The highest BCUT2D eigenvalue weighted by atomic mass is 35.5. The molecule has 2 aliphatic heterocycles. The first kappa shape index (κ1) is 56.3. The number of nitrogens with zero attached hydrogens (tertiary/aromatic N) is 1. The molecule has 2 aliphatic carbocycles. The quantitative estimate of drug-likeness (QED) is 0.0459. The van der Waals surface area contributed by atoms with Crippen LogP contribution >= 0.6 is 11.6 Å². The molecule has 0 saturated heterocycles. The minimum absolute atomic E-state index is 0.0267. The number of carbonyl (C=O) groups is 2. The average molecular weight is 1050 g/mol. The Labute approximate surface area is 433 Å². The molecule has 7 rings (SSSR count). The number of amides is 1. The first-order valence-electron chi connectivity index (χ1n) is 24.6. The van der Waals surface area contributed by atoms with Crippen molar-refractivity contribution >= 4 is 50.9 Å². The number of carbonyl (C=O) groups excluding carboxylic acids is 2. The second kappa shape index (κ2) is 22.6. The number of nitrogens with one attached hydrogen (secondary N) is 1. The lowest BCUT2D eigenvalue weighted by Gasteiger charge is -2.46. The summed E-state index contributed by atoms with van der Waals surface area (Å²) in [6, 6.07) is 7.25. The lowest BCUT2D eigenvalue weighted by Crippen LogP contribution is -2.57. The van der Waals surface area contributed by atoms with Gasteiger partial charge in [0.1, 0.15) is 30.7 Å². The number of allylic oxidation sites excluding steroid dienone is 1. The van der Waals surface area contributed by atoms with Crippen LogP contribution in [0.2, 0.25) is 39.9 Å². The standard InChI is InChI=1S/C55H73ClN2O12Si2/c1-32(2)67-46-27-37-26-44(66-31-62-12)40(28-39(37)50(63-13)51(46)64-14)53(60)58-42-29-48(59)65-30-47(69-72(33(3)4,34(5)6)35(7)8)55(61)23-18-17-19-38-36(22-24-55)25-45(49(38)70-71(15,16)54(9,10)11)68-43-21-20-41(42)57-52(43)56/h19-21,25-28,32-35,42,45,47,49,61H,23,29-31H2,1-16H3,(H,58,60)/b38-19+/t42-,45+,47-,49+,55-/m1/s1. The Morgan fingerprint density at radius 1 is 0.972 bits per heavy atom. The van der Waals surface area contributed by atoms with Gasteiger partial charge in [0.25, 0.3) is 5.91 Å². The number of methoxy groups -OCH3 is 3. The number of pyridine rings is 1. The number of hydrogen-bond acceptors (Lipinski definition) is 13. The molecule has 14 nitrogen and oxygen atoms in total. The van der Waals surface area contributed by atoms with Crippen molar-refractivity contribution < 1.29 is 56.7 Å². The number of halogens is 1. The summed E-state index contributed by atoms with van der Waals surface area (Å²) in [6.45, 7) is 26.9. The topological polar surface area (TPSA) is 162 Å². The molecule has 3 aromatic rings. The Morgan fingerprint density at radius 2 is 1.64 bits per heavy atom. The third-order valence-electron chi connectivity index (χ3n) is 14.2. The van der Waals surface area contributed by atoms with Crippen LogP contribution in [0, 0.1) is 23.7 Å². The normalized spacial score (nSPS) is 22.2. The number of aliphatic hydroxyl groups is 1. The van der Waals surface area contributed by atoms with Crippen molar-refractivity contribution in [3.8, 4) is 52.4 Å². The fourth-order valence-corrected chi connectivity index (χ4v) is 16.6. The van der Waals surface area contributed by atoms with Crippen LogP contribution in [0.1, 0.15) is 111 Å². The zero-order valence-electron chi connectivity index (χ0n) is 44.8. The summed E-state index contributed by atoms with van der Waals surface area (Å²) < 4.78 is 56.3. The van der Waals surface area contributed by atoms with Gasteiger partial charge in [0, 0.05) is 23.6 Å². The molecule has 3 heterocycles. The zero-order chi connectivity index (χ0) is 53.1. The molecule has 5 atom stereocenters. The van der Waals surface area contributed by atoms with Gasteiger partial charge in [-0.05, 0) is 96.5 Å². The van der Waals surface area contributed by atoms with E-state index in [-0.39, 0.29) is 75.5 Å². The average Bonchev–Trinajstić information content (AvgIpc) is 3.64. The van der Waals surface area contributed by atoms with E-state index in [1.807, 2.05) is 19.9 Å². The molecular weight excluding hydrogens is 972 g/mol. The van der Waals surface area contributed by atoms with Gasteiger partial charge in [0.15, 0.2) is 43.1 Å². The summed E-state index contributed by atoms with van der Waals surface area (Å²) in [6.07, 6.45) is 0.466. The van der Waals surface area contributed by atoms with E-state index in [2.05, 4.69) is 104 Å². The van der Waals surface area contributed by atoms with Crippen LogP contribution in [0.15, 0.2) is 53.6 Å². The Bertz CT molecular complexity index is 2690. The third kappa shape index (κ3) is 11.8. The highest BCUT2D eigenvalue weighted by molar-refractivity contribution is 6.77. The van der Waals surface area contributed by atoms with Crippen LogP contribution in [0.5, 0.6) is 28.7 Å². The molecular formula is C55H73ClN2O12Si2. The van der Waals surface area contributed by atoms with Gasteiger partial charge < -0.3 is 52.4 Å². The predicted octanol–water partition coefficient (Wildman–Crippen LogP) is 10.8. The molecule has 0 spiro atoms. The Morgan fingerprint density at radius 3 is 2.24 bits per heavy atom. The lowest BCUT2D eigenvalue weighted by molar-refractivity contribution is -0.150. The number of esters is 1. The maximum absolute atomic E-state index is 14.8. The number of aromatic nitrogens is 1. The van der Waals surface area contributed by atoms with Crippen LogP contribution in [0.3, 0.4) is 0 Å². The van der Waals surface area contributed by atoms with E-state index in [0.717, 1.165) is 0 Å². The molecule has 1 aromatic heterocycles. The predicted molar refractivity (Wildman–Crippen MR) is 284 cm³/mol. The van der Waals surface area contributed by atoms with E-state index in [0.29, 0.717) is 39.2 Å². The van der Waals surface area contributed by atoms with Crippen molar-refractivity contribution in [2.75, 3.05) is 34.7 Å². The van der Waals surface area contributed by atoms with Gasteiger partial charge in [0.05, 0.1) is 50.5 Å². The first-order chi connectivity index (χ1) is 33.8. The third-order valence-corrected chi connectivity index (χ3v) is 25.0. The molecule has 390 valence electrons. The largest absolute Gasteiger partial charge is 0.492 e. The minimum atomic E-state index is -2.79. The second-order valence-electron chi connectivity index (χ2n) is 21.3. The van der Waals surface area contributed by atoms with Crippen molar-refractivity contribution in [2.24, 2.45) is 0 Å². The fourth-order valence-electron chi connectivity index (χ4n) is 9.56. The van der Waals surface area contributed by atoms with Gasteiger partial charge in [-0.2, -0.15) is 0 Å². The van der Waals surface area contributed by atoms with E-state index in [9.17, 15) is 14.7 Å². The smallest absolute Gasteiger partial charge is 0.308 e. The van der Waals surface area contributed by atoms with Gasteiger partial charge in [0.2, 0.25) is 14.1 Å². The molecule has 17 heteroatoms. The molecule has 0 radical (unpaired) electrons. The monoisotopic (exact) mass is 1040 g/mol. The van der Waals surface area contributed by atoms with Crippen molar-refractivity contribution in [1.82, 2.24) is 10.3 Å². The molecule has 1 amide bonds. The molecule has 0 fully saturated rings. The number of fused-ring (bicyclic) bond motifs is 8. The molecule has 2 N–H and O–H groups in total.